The highest BCUT2D eigenvalue weighted by Crippen LogP contribution is 2.38. The Kier molecular flexibility index (Phi) is 8.73. The van der Waals surface area contributed by atoms with Crippen LogP contribution in [0.5, 0.6) is 0 Å². The summed E-state index contributed by atoms with van der Waals surface area (Å²) in [5, 5.41) is 23.5. The number of rotatable bonds is 7. The molecule has 2 aliphatic rings. The van der Waals surface area contributed by atoms with Gasteiger partial charge in [-0.1, -0.05) is 15.9 Å². The number of hydrogen-bond donors (Lipinski definition) is 0. The van der Waals surface area contributed by atoms with E-state index in [1.165, 1.54) is 22.5 Å². The summed E-state index contributed by atoms with van der Waals surface area (Å²) in [4.78, 5) is 27.6. The molecular formula is C27H26BrF3N6O6S. The van der Waals surface area contributed by atoms with Gasteiger partial charge in [0.15, 0.2) is 0 Å². The van der Waals surface area contributed by atoms with E-state index >= 15 is 0 Å². The number of halogens is 4. The van der Waals surface area contributed by atoms with Gasteiger partial charge in [0.2, 0.25) is 10.0 Å². The van der Waals surface area contributed by atoms with E-state index in [-0.39, 0.29) is 55.5 Å². The van der Waals surface area contributed by atoms with Crippen LogP contribution in [0.25, 0.3) is 0 Å². The zero-order valence-corrected chi connectivity index (χ0v) is 25.4. The zero-order chi connectivity index (χ0) is 31.8. The number of anilines is 3. The number of nitro groups is 2. The third-order valence-corrected chi connectivity index (χ3v) is 10.1. The van der Waals surface area contributed by atoms with Crippen LogP contribution in [0.2, 0.25) is 0 Å². The van der Waals surface area contributed by atoms with Gasteiger partial charge in [0.05, 0.1) is 20.3 Å². The molecule has 12 nitrogen and oxygen atoms in total. The first kappa shape index (κ1) is 31.5. The Balaban J connectivity index is 1.31. The second-order valence-electron chi connectivity index (χ2n) is 10.2. The topological polar surface area (TPSA) is 133 Å². The molecule has 3 aromatic carbocycles. The Hall–Kier alpha value is -3.96. The molecular weight excluding hydrogens is 673 g/mol. The van der Waals surface area contributed by atoms with Crippen molar-refractivity contribution in [2.45, 2.75) is 11.1 Å². The van der Waals surface area contributed by atoms with Gasteiger partial charge in [0.1, 0.15) is 11.4 Å². The van der Waals surface area contributed by atoms with Gasteiger partial charge in [-0.05, 0) is 48.5 Å². The number of hydrogen-bond acceptors (Lipinski definition) is 9. The predicted octanol–water partition coefficient (Wildman–Crippen LogP) is 5.12. The number of nitro benzene ring substituents is 2. The molecule has 0 aliphatic carbocycles. The van der Waals surface area contributed by atoms with Crippen LogP contribution < -0.4 is 14.7 Å². The lowest BCUT2D eigenvalue weighted by Crippen LogP contribution is -2.49. The van der Waals surface area contributed by atoms with Gasteiger partial charge in [0, 0.05) is 74.7 Å². The van der Waals surface area contributed by atoms with E-state index in [0.717, 1.165) is 16.6 Å². The Morgan fingerprint density at radius 1 is 0.682 bits per heavy atom. The van der Waals surface area contributed by atoms with Gasteiger partial charge in [0.25, 0.3) is 11.4 Å². The first-order valence-electron chi connectivity index (χ1n) is 13.4. The molecule has 0 bridgehead atoms. The summed E-state index contributed by atoms with van der Waals surface area (Å²) in [6.45, 7) is 1.96. The van der Waals surface area contributed by atoms with Crippen LogP contribution in [0.3, 0.4) is 0 Å². The maximum Gasteiger partial charge on any atom is 0.416 e. The fraction of sp³-hybridized carbons (Fsp3) is 0.333. The van der Waals surface area contributed by atoms with Crippen molar-refractivity contribution in [3.63, 3.8) is 0 Å². The van der Waals surface area contributed by atoms with E-state index in [2.05, 4.69) is 15.9 Å². The van der Waals surface area contributed by atoms with Crippen LogP contribution in [0.4, 0.5) is 41.6 Å². The molecule has 0 unspecified atom stereocenters. The largest absolute Gasteiger partial charge is 0.416 e. The minimum absolute atomic E-state index is 0.0434. The summed E-state index contributed by atoms with van der Waals surface area (Å²) in [5.41, 5.74) is -0.875. The van der Waals surface area contributed by atoms with Gasteiger partial charge in [-0.15, -0.1) is 0 Å². The lowest BCUT2D eigenvalue weighted by Gasteiger charge is -2.38. The quantitative estimate of drug-likeness (QED) is 0.243. The number of benzene rings is 3. The molecule has 0 radical (unpaired) electrons. The summed E-state index contributed by atoms with van der Waals surface area (Å²) in [6, 6.07) is 13.5. The minimum Gasteiger partial charge on any atom is -0.369 e. The molecule has 234 valence electrons. The van der Waals surface area contributed by atoms with Gasteiger partial charge in [-0.25, -0.2) is 8.42 Å². The average molecular weight is 700 g/mol. The van der Waals surface area contributed by atoms with Crippen molar-refractivity contribution in [2.75, 3.05) is 67.1 Å². The fourth-order valence-corrected chi connectivity index (χ4v) is 7.05. The van der Waals surface area contributed by atoms with Crippen LogP contribution in [-0.2, 0) is 16.2 Å². The third kappa shape index (κ3) is 6.44. The highest BCUT2D eigenvalue weighted by Gasteiger charge is 2.35. The van der Waals surface area contributed by atoms with Gasteiger partial charge >= 0.3 is 6.18 Å². The van der Waals surface area contributed by atoms with Crippen LogP contribution in [0.15, 0.2) is 70.0 Å². The van der Waals surface area contributed by atoms with Crippen molar-refractivity contribution in [2.24, 2.45) is 0 Å². The normalized spacial score (nSPS) is 16.7. The fourth-order valence-electron chi connectivity index (χ4n) is 5.36. The van der Waals surface area contributed by atoms with Gasteiger partial charge in [-0.2, -0.15) is 17.5 Å². The molecule has 5 rings (SSSR count). The smallest absolute Gasteiger partial charge is 0.369 e. The van der Waals surface area contributed by atoms with E-state index in [4.69, 9.17) is 0 Å². The van der Waals surface area contributed by atoms with Crippen molar-refractivity contribution in [3.8, 4) is 0 Å². The maximum atomic E-state index is 13.1. The summed E-state index contributed by atoms with van der Waals surface area (Å²) >= 11 is 3.30. The van der Waals surface area contributed by atoms with Crippen molar-refractivity contribution in [1.82, 2.24) is 4.31 Å². The molecule has 2 aliphatic heterocycles. The molecule has 0 amide bonds. The molecule has 0 atom stereocenters. The summed E-state index contributed by atoms with van der Waals surface area (Å²) in [5.74, 6) is 0. The lowest BCUT2D eigenvalue weighted by atomic mass is 10.1. The average Bonchev–Trinajstić information content (AvgIpc) is 3.00. The first-order chi connectivity index (χ1) is 20.8. The summed E-state index contributed by atoms with van der Waals surface area (Å²) in [6.07, 6.45) is -4.73. The maximum absolute atomic E-state index is 13.1. The Morgan fingerprint density at radius 3 is 1.77 bits per heavy atom. The Labute approximate surface area is 258 Å². The van der Waals surface area contributed by atoms with Crippen LogP contribution in [0.1, 0.15) is 5.56 Å². The molecule has 2 saturated heterocycles. The van der Waals surface area contributed by atoms with E-state index < -0.39 is 37.3 Å². The van der Waals surface area contributed by atoms with Gasteiger partial charge in [-0.3, -0.25) is 20.2 Å². The second kappa shape index (κ2) is 12.2. The van der Waals surface area contributed by atoms with Crippen LogP contribution in [0, 0.1) is 20.2 Å². The zero-order valence-electron chi connectivity index (χ0n) is 23.0. The number of nitrogens with zero attached hydrogens (tertiary/aromatic N) is 6. The van der Waals surface area contributed by atoms with E-state index in [1.807, 2.05) is 4.90 Å². The lowest BCUT2D eigenvalue weighted by molar-refractivity contribution is -0.384. The first-order valence-corrected chi connectivity index (χ1v) is 15.6. The highest BCUT2D eigenvalue weighted by molar-refractivity contribution is 9.10. The van der Waals surface area contributed by atoms with E-state index in [9.17, 15) is 41.8 Å². The second-order valence-corrected chi connectivity index (χ2v) is 13.1. The van der Waals surface area contributed by atoms with Gasteiger partial charge < -0.3 is 14.7 Å². The summed E-state index contributed by atoms with van der Waals surface area (Å²) < 4.78 is 67.8. The molecule has 0 N–H and O–H groups in total. The molecule has 2 heterocycles. The molecule has 17 heteroatoms. The summed E-state index contributed by atoms with van der Waals surface area (Å²) in [7, 11) is -3.69. The standard InChI is InChI=1S/C27H26BrF3N6O6S/c28-20-2-5-22(6-3-20)44(42,43)35-15-13-32(14-16-35)21-4-8-24(36(38)39)25(18-21)34-11-9-33(10-12-34)23-7-1-19(27(29,30)31)17-26(23)37(40)41/h1-8,17-18H,9-16H2. The van der Waals surface area contributed by atoms with Crippen molar-refractivity contribution >= 4 is 54.4 Å². The predicted molar refractivity (Wildman–Crippen MR) is 161 cm³/mol. The SMILES string of the molecule is O=[N+]([O-])c1ccc(N2CCN(S(=O)(=O)c3ccc(Br)cc3)CC2)cc1N1CCN(c2ccc(C(F)(F)F)cc2[N+](=O)[O-])CC1. The molecule has 0 saturated carbocycles. The number of piperazine rings is 2. The molecule has 3 aromatic rings. The Bertz CT molecular complexity index is 1680. The number of sulfonamides is 1. The Morgan fingerprint density at radius 2 is 1.23 bits per heavy atom. The van der Waals surface area contributed by atoms with E-state index in [0.29, 0.717) is 30.5 Å². The van der Waals surface area contributed by atoms with E-state index in [1.54, 1.807) is 34.1 Å². The van der Waals surface area contributed by atoms with Crippen LogP contribution in [-0.4, -0.2) is 74.9 Å². The molecule has 0 aromatic heterocycles. The third-order valence-electron chi connectivity index (χ3n) is 7.67. The molecule has 44 heavy (non-hydrogen) atoms. The highest BCUT2D eigenvalue weighted by atomic mass is 79.9. The molecule has 2 fully saturated rings. The minimum atomic E-state index is -4.73. The van der Waals surface area contributed by atoms with Crippen molar-refractivity contribution in [3.05, 3.63) is 90.9 Å². The van der Waals surface area contributed by atoms with Crippen molar-refractivity contribution < 1.29 is 31.4 Å². The van der Waals surface area contributed by atoms with Crippen molar-refractivity contribution in [1.29, 1.82) is 0 Å². The molecule has 0 spiro atoms. The number of alkyl halides is 3. The monoisotopic (exact) mass is 698 g/mol. The van der Waals surface area contributed by atoms with Crippen LogP contribution >= 0.6 is 15.9 Å².